The molecule has 0 aliphatic heterocycles. The molecule has 128 valence electrons. The molecule has 0 saturated carbocycles. The summed E-state index contributed by atoms with van der Waals surface area (Å²) in [5.41, 5.74) is 1.28. The summed E-state index contributed by atoms with van der Waals surface area (Å²) in [7, 11) is 0. The van der Waals surface area contributed by atoms with Crippen molar-refractivity contribution >= 4 is 17.5 Å². The average molecular weight is 346 g/mol. The highest BCUT2D eigenvalue weighted by atomic mass is 35.5. The van der Waals surface area contributed by atoms with Crippen LogP contribution in [0.25, 0.3) is 0 Å². The standard InChI is InChI=1S/C20H24ClNO2/c1-3-19(24-18-11-7-10-17(21)14-18)20(23)22-15(2)12-13-16-8-5-4-6-9-16/h4-11,14-15,19H,3,12-13H2,1-2H3,(H,22,23)/t15-,19+/m0/s1. The van der Waals surface area contributed by atoms with Gasteiger partial charge in [-0.05, 0) is 49.9 Å². The molecular formula is C20H24ClNO2. The summed E-state index contributed by atoms with van der Waals surface area (Å²) in [4.78, 5) is 12.4. The largest absolute Gasteiger partial charge is 0.481 e. The first-order chi connectivity index (χ1) is 11.6. The van der Waals surface area contributed by atoms with E-state index in [1.807, 2.05) is 38.1 Å². The van der Waals surface area contributed by atoms with Crippen molar-refractivity contribution in [3.63, 3.8) is 0 Å². The van der Waals surface area contributed by atoms with E-state index in [1.54, 1.807) is 18.2 Å². The molecule has 0 heterocycles. The fourth-order valence-corrected chi connectivity index (χ4v) is 2.64. The first-order valence-electron chi connectivity index (χ1n) is 8.35. The van der Waals surface area contributed by atoms with Gasteiger partial charge in [0.25, 0.3) is 5.91 Å². The van der Waals surface area contributed by atoms with E-state index in [2.05, 4.69) is 17.4 Å². The summed E-state index contributed by atoms with van der Waals surface area (Å²) in [6, 6.07) is 17.5. The summed E-state index contributed by atoms with van der Waals surface area (Å²) in [5, 5.41) is 3.64. The molecule has 2 rings (SSSR count). The van der Waals surface area contributed by atoms with Crippen molar-refractivity contribution in [2.75, 3.05) is 0 Å². The molecule has 0 aromatic heterocycles. The molecule has 0 radical (unpaired) electrons. The number of hydrogen-bond donors (Lipinski definition) is 1. The molecule has 0 saturated heterocycles. The number of aryl methyl sites for hydroxylation is 1. The summed E-state index contributed by atoms with van der Waals surface area (Å²) < 4.78 is 5.77. The second-order valence-electron chi connectivity index (χ2n) is 5.91. The van der Waals surface area contributed by atoms with Crippen molar-refractivity contribution in [1.29, 1.82) is 0 Å². The van der Waals surface area contributed by atoms with Gasteiger partial charge in [-0.15, -0.1) is 0 Å². The Morgan fingerprint density at radius 3 is 2.58 bits per heavy atom. The van der Waals surface area contributed by atoms with Gasteiger partial charge in [0.05, 0.1) is 0 Å². The third kappa shape index (κ3) is 5.89. The van der Waals surface area contributed by atoms with Gasteiger partial charge < -0.3 is 10.1 Å². The summed E-state index contributed by atoms with van der Waals surface area (Å²) in [5.74, 6) is 0.527. The highest BCUT2D eigenvalue weighted by molar-refractivity contribution is 6.30. The van der Waals surface area contributed by atoms with Crippen LogP contribution in [-0.2, 0) is 11.2 Å². The molecule has 3 nitrogen and oxygen atoms in total. The number of ether oxygens (including phenoxy) is 1. The Labute approximate surface area is 149 Å². The van der Waals surface area contributed by atoms with Crippen molar-refractivity contribution in [3.05, 3.63) is 65.2 Å². The lowest BCUT2D eigenvalue weighted by atomic mass is 10.1. The third-order valence-electron chi connectivity index (χ3n) is 3.84. The minimum Gasteiger partial charge on any atom is -0.481 e. The topological polar surface area (TPSA) is 38.3 Å². The maximum absolute atomic E-state index is 12.4. The van der Waals surface area contributed by atoms with Crippen LogP contribution in [0, 0.1) is 0 Å². The Kier molecular flexibility index (Phi) is 7.13. The SMILES string of the molecule is CC[C@@H](Oc1cccc(Cl)c1)C(=O)N[C@@H](C)CCc1ccccc1. The molecule has 1 amide bonds. The van der Waals surface area contributed by atoms with Crippen LogP contribution < -0.4 is 10.1 Å². The molecule has 0 aliphatic carbocycles. The van der Waals surface area contributed by atoms with Crippen LogP contribution in [0.1, 0.15) is 32.3 Å². The highest BCUT2D eigenvalue weighted by Crippen LogP contribution is 2.19. The Morgan fingerprint density at radius 2 is 1.92 bits per heavy atom. The number of halogens is 1. The average Bonchev–Trinajstić information content (AvgIpc) is 2.58. The van der Waals surface area contributed by atoms with Crippen molar-refractivity contribution in [3.8, 4) is 5.75 Å². The van der Waals surface area contributed by atoms with Crippen LogP contribution in [0.3, 0.4) is 0 Å². The molecule has 0 bridgehead atoms. The van der Waals surface area contributed by atoms with Crippen molar-refractivity contribution in [1.82, 2.24) is 5.32 Å². The molecule has 2 aromatic rings. The van der Waals surface area contributed by atoms with Gasteiger partial charge in [0.2, 0.25) is 0 Å². The van der Waals surface area contributed by atoms with Crippen LogP contribution in [0.4, 0.5) is 0 Å². The Hall–Kier alpha value is -2.00. The van der Waals surface area contributed by atoms with Crippen LogP contribution in [0.15, 0.2) is 54.6 Å². The molecule has 0 aliphatic rings. The number of carbonyl (C=O) groups is 1. The van der Waals surface area contributed by atoms with E-state index in [0.29, 0.717) is 17.2 Å². The number of carbonyl (C=O) groups excluding carboxylic acids is 1. The predicted octanol–water partition coefficient (Wildman–Crippen LogP) is 4.63. The van der Waals surface area contributed by atoms with Crippen LogP contribution in [0.2, 0.25) is 5.02 Å². The minimum absolute atomic E-state index is 0.0852. The summed E-state index contributed by atoms with van der Waals surface area (Å²) >= 11 is 5.95. The molecule has 0 fully saturated rings. The number of benzene rings is 2. The summed E-state index contributed by atoms with van der Waals surface area (Å²) in [6.07, 6.45) is 1.92. The first-order valence-corrected chi connectivity index (χ1v) is 8.72. The Bertz CT molecular complexity index is 645. The van der Waals surface area contributed by atoms with Crippen molar-refractivity contribution in [2.24, 2.45) is 0 Å². The molecule has 0 unspecified atom stereocenters. The van der Waals surface area contributed by atoms with E-state index in [0.717, 1.165) is 12.8 Å². The van der Waals surface area contributed by atoms with Crippen LogP contribution >= 0.6 is 11.6 Å². The van der Waals surface area contributed by atoms with E-state index < -0.39 is 6.10 Å². The van der Waals surface area contributed by atoms with Crippen LogP contribution in [0.5, 0.6) is 5.75 Å². The highest BCUT2D eigenvalue weighted by Gasteiger charge is 2.20. The van der Waals surface area contributed by atoms with Gasteiger partial charge in [0, 0.05) is 11.1 Å². The monoisotopic (exact) mass is 345 g/mol. The lowest BCUT2D eigenvalue weighted by molar-refractivity contribution is -0.128. The fourth-order valence-electron chi connectivity index (χ4n) is 2.46. The number of hydrogen-bond acceptors (Lipinski definition) is 2. The summed E-state index contributed by atoms with van der Waals surface area (Å²) in [6.45, 7) is 3.95. The van der Waals surface area contributed by atoms with Gasteiger partial charge in [-0.3, -0.25) is 4.79 Å². The van der Waals surface area contributed by atoms with Gasteiger partial charge >= 0.3 is 0 Å². The first kappa shape index (κ1) is 18.3. The van der Waals surface area contributed by atoms with E-state index in [1.165, 1.54) is 5.56 Å². The van der Waals surface area contributed by atoms with Gasteiger partial charge in [-0.25, -0.2) is 0 Å². The maximum atomic E-state index is 12.4. The van der Waals surface area contributed by atoms with E-state index in [-0.39, 0.29) is 11.9 Å². The number of amides is 1. The van der Waals surface area contributed by atoms with E-state index in [9.17, 15) is 4.79 Å². The zero-order valence-corrected chi connectivity index (χ0v) is 14.9. The van der Waals surface area contributed by atoms with Crippen molar-refractivity contribution < 1.29 is 9.53 Å². The van der Waals surface area contributed by atoms with Gasteiger partial charge in [0.15, 0.2) is 6.10 Å². The van der Waals surface area contributed by atoms with E-state index >= 15 is 0 Å². The molecule has 24 heavy (non-hydrogen) atoms. The maximum Gasteiger partial charge on any atom is 0.261 e. The fraction of sp³-hybridized carbons (Fsp3) is 0.350. The molecule has 2 aromatic carbocycles. The normalized spacial score (nSPS) is 13.1. The quantitative estimate of drug-likeness (QED) is 0.757. The number of nitrogens with one attached hydrogen (secondary N) is 1. The molecule has 4 heteroatoms. The predicted molar refractivity (Wildman–Crippen MR) is 98.5 cm³/mol. The van der Waals surface area contributed by atoms with E-state index in [4.69, 9.17) is 16.3 Å². The second-order valence-corrected chi connectivity index (χ2v) is 6.34. The lowest BCUT2D eigenvalue weighted by Gasteiger charge is -2.20. The molecular weight excluding hydrogens is 322 g/mol. The molecule has 0 spiro atoms. The third-order valence-corrected chi connectivity index (χ3v) is 4.07. The molecule has 1 N–H and O–H groups in total. The van der Waals surface area contributed by atoms with Gasteiger partial charge in [-0.2, -0.15) is 0 Å². The minimum atomic E-state index is -0.511. The Balaban J connectivity index is 1.84. The smallest absolute Gasteiger partial charge is 0.261 e. The van der Waals surface area contributed by atoms with Crippen molar-refractivity contribution in [2.45, 2.75) is 45.3 Å². The zero-order valence-electron chi connectivity index (χ0n) is 14.2. The van der Waals surface area contributed by atoms with Gasteiger partial charge in [0.1, 0.15) is 5.75 Å². The van der Waals surface area contributed by atoms with Crippen LogP contribution in [-0.4, -0.2) is 18.1 Å². The van der Waals surface area contributed by atoms with Gasteiger partial charge in [-0.1, -0.05) is 54.9 Å². The zero-order chi connectivity index (χ0) is 17.4. The lowest BCUT2D eigenvalue weighted by Crippen LogP contribution is -2.42. The Morgan fingerprint density at radius 1 is 1.17 bits per heavy atom. The molecule has 2 atom stereocenters. The number of rotatable bonds is 8. The second kappa shape index (κ2) is 9.33.